The highest BCUT2D eigenvalue weighted by Gasteiger charge is 2.19. The monoisotopic (exact) mass is 166 g/mol. The Hall–Kier alpha value is -0.490. The van der Waals surface area contributed by atoms with Gasteiger partial charge < -0.3 is 0 Å². The van der Waals surface area contributed by atoms with E-state index in [-0.39, 0.29) is 0 Å². The summed E-state index contributed by atoms with van der Waals surface area (Å²) >= 11 is 6.03. The van der Waals surface area contributed by atoms with Crippen molar-refractivity contribution in [3.63, 3.8) is 0 Å². The summed E-state index contributed by atoms with van der Waals surface area (Å²) in [5, 5.41) is 0.951. The van der Waals surface area contributed by atoms with Crippen LogP contribution in [0.2, 0.25) is 5.02 Å². The first-order valence-corrected chi connectivity index (χ1v) is 4.44. The fourth-order valence-corrected chi connectivity index (χ4v) is 2.09. The van der Waals surface area contributed by atoms with Crippen molar-refractivity contribution in [2.24, 2.45) is 0 Å². The quantitative estimate of drug-likeness (QED) is 0.554. The Morgan fingerprint density at radius 2 is 2.27 bits per heavy atom. The van der Waals surface area contributed by atoms with Gasteiger partial charge in [-0.15, -0.1) is 0 Å². The van der Waals surface area contributed by atoms with Crippen molar-refractivity contribution in [1.29, 1.82) is 0 Å². The van der Waals surface area contributed by atoms with Crippen molar-refractivity contribution < 1.29 is 0 Å². The van der Waals surface area contributed by atoms with Crippen LogP contribution >= 0.6 is 11.6 Å². The molecule has 1 atom stereocenters. The molecule has 0 nitrogen and oxygen atoms in total. The maximum Gasteiger partial charge on any atom is 0.0440 e. The normalized spacial score (nSPS) is 21.8. The van der Waals surface area contributed by atoms with Gasteiger partial charge in [0.2, 0.25) is 0 Å². The molecule has 1 aliphatic rings. The first kappa shape index (κ1) is 7.17. The summed E-state index contributed by atoms with van der Waals surface area (Å²) in [6, 6.07) is 6.22. The van der Waals surface area contributed by atoms with Gasteiger partial charge in [-0.3, -0.25) is 0 Å². The standard InChI is InChI=1S/C10H11Cl/c1-7-5-6-9-8(7)3-2-4-10(9)11/h2-4,7H,5-6H2,1H3. The molecular formula is C10H11Cl. The molecule has 0 aliphatic heterocycles. The zero-order valence-corrected chi connectivity index (χ0v) is 7.36. The van der Waals surface area contributed by atoms with E-state index in [1.54, 1.807) is 0 Å². The Kier molecular flexibility index (Phi) is 1.65. The molecule has 0 heterocycles. The molecule has 58 valence electrons. The van der Waals surface area contributed by atoms with Crippen molar-refractivity contribution in [2.45, 2.75) is 25.7 Å². The highest BCUT2D eigenvalue weighted by molar-refractivity contribution is 6.31. The smallest absolute Gasteiger partial charge is 0.0440 e. The van der Waals surface area contributed by atoms with Gasteiger partial charge in [-0.2, -0.15) is 0 Å². The molecule has 11 heavy (non-hydrogen) atoms. The average molecular weight is 167 g/mol. The van der Waals surface area contributed by atoms with Gasteiger partial charge in [0, 0.05) is 5.02 Å². The minimum Gasteiger partial charge on any atom is -0.0840 e. The zero-order valence-electron chi connectivity index (χ0n) is 6.60. The lowest BCUT2D eigenvalue weighted by Crippen LogP contribution is -1.85. The number of hydrogen-bond donors (Lipinski definition) is 0. The summed E-state index contributed by atoms with van der Waals surface area (Å²) in [5.74, 6) is 0.712. The van der Waals surface area contributed by atoms with E-state index < -0.39 is 0 Å². The summed E-state index contributed by atoms with van der Waals surface area (Å²) in [4.78, 5) is 0. The number of rotatable bonds is 0. The highest BCUT2D eigenvalue weighted by Crippen LogP contribution is 2.36. The van der Waals surface area contributed by atoms with Crippen molar-refractivity contribution >= 4 is 11.6 Å². The second kappa shape index (κ2) is 2.53. The van der Waals surface area contributed by atoms with E-state index in [0.29, 0.717) is 5.92 Å². The Labute approximate surface area is 72.2 Å². The third-order valence-electron chi connectivity index (χ3n) is 2.51. The predicted molar refractivity (Wildman–Crippen MR) is 48.2 cm³/mol. The molecule has 0 bridgehead atoms. The SMILES string of the molecule is CC1CCc2c(Cl)cccc21. The van der Waals surface area contributed by atoms with Crippen molar-refractivity contribution in [1.82, 2.24) is 0 Å². The van der Waals surface area contributed by atoms with Crippen LogP contribution in [0.3, 0.4) is 0 Å². The second-order valence-electron chi connectivity index (χ2n) is 3.25. The van der Waals surface area contributed by atoms with Gasteiger partial charge in [-0.25, -0.2) is 0 Å². The first-order valence-electron chi connectivity index (χ1n) is 4.06. The molecule has 0 saturated carbocycles. The van der Waals surface area contributed by atoms with Gasteiger partial charge in [0.1, 0.15) is 0 Å². The van der Waals surface area contributed by atoms with Crippen LogP contribution in [0.1, 0.15) is 30.4 Å². The Morgan fingerprint density at radius 3 is 3.00 bits per heavy atom. The van der Waals surface area contributed by atoms with Gasteiger partial charge in [0.15, 0.2) is 0 Å². The largest absolute Gasteiger partial charge is 0.0840 e. The zero-order chi connectivity index (χ0) is 7.84. The van der Waals surface area contributed by atoms with E-state index in [2.05, 4.69) is 13.0 Å². The van der Waals surface area contributed by atoms with Gasteiger partial charge in [-0.1, -0.05) is 30.7 Å². The summed E-state index contributed by atoms with van der Waals surface area (Å²) < 4.78 is 0. The van der Waals surface area contributed by atoms with Crippen LogP contribution < -0.4 is 0 Å². The van der Waals surface area contributed by atoms with Crippen LogP contribution in [-0.4, -0.2) is 0 Å². The maximum atomic E-state index is 6.03. The third-order valence-corrected chi connectivity index (χ3v) is 2.87. The van der Waals surface area contributed by atoms with Crippen LogP contribution in [0.5, 0.6) is 0 Å². The number of benzene rings is 1. The van der Waals surface area contributed by atoms with E-state index >= 15 is 0 Å². The van der Waals surface area contributed by atoms with Crippen LogP contribution in [0.25, 0.3) is 0 Å². The summed E-state index contributed by atoms with van der Waals surface area (Å²) in [5.41, 5.74) is 2.83. The lowest BCUT2D eigenvalue weighted by atomic mass is 10.0. The Balaban J connectivity index is 2.57. The van der Waals surface area contributed by atoms with Gasteiger partial charge in [0.25, 0.3) is 0 Å². The maximum absolute atomic E-state index is 6.03. The van der Waals surface area contributed by atoms with E-state index in [1.165, 1.54) is 17.5 Å². The van der Waals surface area contributed by atoms with Crippen molar-refractivity contribution in [3.05, 3.63) is 34.3 Å². The van der Waals surface area contributed by atoms with Crippen LogP contribution in [0, 0.1) is 0 Å². The predicted octanol–water partition coefficient (Wildman–Crippen LogP) is 3.39. The first-order chi connectivity index (χ1) is 5.29. The summed E-state index contributed by atoms with van der Waals surface area (Å²) in [7, 11) is 0. The molecule has 1 aliphatic carbocycles. The molecule has 2 rings (SSSR count). The second-order valence-corrected chi connectivity index (χ2v) is 3.65. The van der Waals surface area contributed by atoms with Crippen LogP contribution in [0.15, 0.2) is 18.2 Å². The highest BCUT2D eigenvalue weighted by atomic mass is 35.5. The minimum atomic E-state index is 0.712. The molecule has 0 radical (unpaired) electrons. The molecule has 1 aromatic rings. The summed E-state index contributed by atoms with van der Waals surface area (Å²) in [6.45, 7) is 2.27. The fourth-order valence-electron chi connectivity index (χ4n) is 1.82. The van der Waals surface area contributed by atoms with E-state index in [4.69, 9.17) is 11.6 Å². The molecule has 0 aromatic heterocycles. The third kappa shape index (κ3) is 1.06. The molecule has 0 amide bonds. The van der Waals surface area contributed by atoms with E-state index in [1.807, 2.05) is 12.1 Å². The van der Waals surface area contributed by atoms with Gasteiger partial charge in [-0.05, 0) is 36.0 Å². The Bertz CT molecular complexity index is 278. The van der Waals surface area contributed by atoms with Gasteiger partial charge in [0.05, 0.1) is 0 Å². The minimum absolute atomic E-state index is 0.712. The fraction of sp³-hybridized carbons (Fsp3) is 0.400. The number of halogens is 1. The Morgan fingerprint density at radius 1 is 1.45 bits per heavy atom. The number of hydrogen-bond acceptors (Lipinski definition) is 0. The average Bonchev–Trinajstić information content (AvgIpc) is 2.35. The van der Waals surface area contributed by atoms with Crippen LogP contribution in [-0.2, 0) is 6.42 Å². The lowest BCUT2D eigenvalue weighted by Gasteiger charge is -2.03. The molecule has 0 spiro atoms. The molecular weight excluding hydrogens is 156 g/mol. The summed E-state index contributed by atoms with van der Waals surface area (Å²) in [6.07, 6.45) is 2.43. The molecule has 1 unspecified atom stereocenters. The van der Waals surface area contributed by atoms with E-state index in [9.17, 15) is 0 Å². The molecule has 1 aromatic carbocycles. The lowest BCUT2D eigenvalue weighted by molar-refractivity contribution is 0.747. The molecule has 1 heteroatoms. The molecule has 0 fully saturated rings. The van der Waals surface area contributed by atoms with Crippen LogP contribution in [0.4, 0.5) is 0 Å². The van der Waals surface area contributed by atoms with Crippen molar-refractivity contribution in [2.75, 3.05) is 0 Å². The molecule has 0 N–H and O–H groups in total. The van der Waals surface area contributed by atoms with Crippen molar-refractivity contribution in [3.8, 4) is 0 Å². The topological polar surface area (TPSA) is 0 Å². The van der Waals surface area contributed by atoms with E-state index in [0.717, 1.165) is 11.4 Å². The molecule has 0 saturated heterocycles. The van der Waals surface area contributed by atoms with Gasteiger partial charge >= 0.3 is 0 Å². The number of fused-ring (bicyclic) bond motifs is 1.